The van der Waals surface area contributed by atoms with Crippen molar-refractivity contribution in [3.05, 3.63) is 35.9 Å². The lowest BCUT2D eigenvalue weighted by atomic mass is 10.2. The summed E-state index contributed by atoms with van der Waals surface area (Å²) in [5.41, 5.74) is 6.53. The molecule has 0 atom stereocenters. The van der Waals surface area contributed by atoms with Gasteiger partial charge < -0.3 is 0 Å². The van der Waals surface area contributed by atoms with E-state index in [4.69, 9.17) is 5.84 Å². The number of hydrogen-bond donors (Lipinski definition) is 3. The molecule has 0 aromatic heterocycles. The van der Waals surface area contributed by atoms with E-state index in [1.165, 1.54) is 5.56 Å². The number of rotatable bonds is 4. The standard InChI is InChI=1S/C8H13N3/c9-11-10-7-6-8-4-2-1-3-5-8/h1-5,10-11H,6-7,9H2. The van der Waals surface area contributed by atoms with Gasteiger partial charge in [0.25, 0.3) is 0 Å². The number of nitrogens with one attached hydrogen (secondary N) is 2. The van der Waals surface area contributed by atoms with Crippen molar-refractivity contribution in [3.8, 4) is 0 Å². The van der Waals surface area contributed by atoms with Crippen molar-refractivity contribution < 1.29 is 0 Å². The summed E-state index contributed by atoms with van der Waals surface area (Å²) in [5, 5.41) is 0. The van der Waals surface area contributed by atoms with Gasteiger partial charge in [0.2, 0.25) is 0 Å². The molecule has 4 N–H and O–H groups in total. The lowest BCUT2D eigenvalue weighted by Gasteiger charge is -2.01. The van der Waals surface area contributed by atoms with Crippen molar-refractivity contribution in [1.82, 2.24) is 11.0 Å². The SMILES string of the molecule is NNNCCc1ccccc1. The second kappa shape index (κ2) is 4.85. The molecule has 11 heavy (non-hydrogen) atoms. The maximum absolute atomic E-state index is 5.03. The van der Waals surface area contributed by atoms with Gasteiger partial charge in [-0.3, -0.25) is 5.84 Å². The third kappa shape index (κ3) is 3.13. The van der Waals surface area contributed by atoms with E-state index in [0.29, 0.717) is 0 Å². The van der Waals surface area contributed by atoms with E-state index in [9.17, 15) is 0 Å². The molecule has 0 aliphatic rings. The summed E-state index contributed by atoms with van der Waals surface area (Å²) in [6.07, 6.45) is 0.991. The van der Waals surface area contributed by atoms with Gasteiger partial charge in [0.05, 0.1) is 0 Å². The molecular formula is C8H13N3. The van der Waals surface area contributed by atoms with Gasteiger partial charge >= 0.3 is 0 Å². The summed E-state index contributed by atoms with van der Waals surface area (Å²) < 4.78 is 0. The van der Waals surface area contributed by atoms with Gasteiger partial charge in [-0.25, -0.2) is 5.43 Å². The summed E-state index contributed by atoms with van der Waals surface area (Å²) in [5.74, 6) is 5.03. The summed E-state index contributed by atoms with van der Waals surface area (Å²) in [4.78, 5) is 0. The molecular weight excluding hydrogens is 138 g/mol. The van der Waals surface area contributed by atoms with Crippen molar-refractivity contribution in [2.75, 3.05) is 6.54 Å². The summed E-state index contributed by atoms with van der Waals surface area (Å²) in [6.45, 7) is 0.848. The number of nitrogens with two attached hydrogens (primary N) is 1. The van der Waals surface area contributed by atoms with Crippen LogP contribution in [-0.2, 0) is 6.42 Å². The van der Waals surface area contributed by atoms with E-state index in [0.717, 1.165) is 13.0 Å². The van der Waals surface area contributed by atoms with Crippen LogP contribution < -0.4 is 16.8 Å². The molecule has 0 saturated carbocycles. The van der Waals surface area contributed by atoms with Crippen LogP contribution in [0.5, 0.6) is 0 Å². The molecule has 0 fully saturated rings. The van der Waals surface area contributed by atoms with Crippen molar-refractivity contribution in [3.63, 3.8) is 0 Å². The predicted octanol–water partition coefficient (Wildman–Crippen LogP) is 0.197. The van der Waals surface area contributed by atoms with Gasteiger partial charge in [-0.2, -0.15) is 5.53 Å². The van der Waals surface area contributed by atoms with Crippen LogP contribution in [0.2, 0.25) is 0 Å². The zero-order valence-corrected chi connectivity index (χ0v) is 6.38. The first kappa shape index (κ1) is 8.20. The second-order valence-corrected chi connectivity index (χ2v) is 2.31. The molecule has 0 heterocycles. The summed E-state index contributed by atoms with van der Waals surface area (Å²) in [7, 11) is 0. The molecule has 0 aliphatic carbocycles. The number of hydrogen-bond acceptors (Lipinski definition) is 3. The maximum atomic E-state index is 5.03. The minimum Gasteiger partial charge on any atom is -0.258 e. The van der Waals surface area contributed by atoms with Crippen LogP contribution in [0, 0.1) is 0 Å². The Morgan fingerprint density at radius 3 is 2.55 bits per heavy atom. The van der Waals surface area contributed by atoms with E-state index >= 15 is 0 Å². The average molecular weight is 151 g/mol. The van der Waals surface area contributed by atoms with Crippen molar-refractivity contribution in [2.45, 2.75) is 6.42 Å². The molecule has 60 valence electrons. The summed E-state index contributed by atoms with van der Waals surface area (Å²) >= 11 is 0. The highest BCUT2D eigenvalue weighted by molar-refractivity contribution is 5.14. The highest BCUT2D eigenvalue weighted by Crippen LogP contribution is 1.97. The molecule has 3 heteroatoms. The van der Waals surface area contributed by atoms with E-state index in [2.05, 4.69) is 23.1 Å². The number of hydrazine groups is 2. The lowest BCUT2D eigenvalue weighted by Crippen LogP contribution is -2.38. The minimum absolute atomic E-state index is 0.848. The minimum atomic E-state index is 0.848. The van der Waals surface area contributed by atoms with Crippen LogP contribution in [0.1, 0.15) is 5.56 Å². The topological polar surface area (TPSA) is 50.1 Å². The average Bonchev–Trinajstić information content (AvgIpc) is 2.07. The fraction of sp³-hybridized carbons (Fsp3) is 0.250. The molecule has 1 aromatic rings. The fourth-order valence-corrected chi connectivity index (χ4v) is 0.924. The normalized spacial score (nSPS) is 9.91. The smallest absolute Gasteiger partial charge is 0.0153 e. The zero-order valence-electron chi connectivity index (χ0n) is 6.38. The molecule has 1 aromatic carbocycles. The monoisotopic (exact) mass is 151 g/mol. The van der Waals surface area contributed by atoms with Gasteiger partial charge in [0.15, 0.2) is 0 Å². The van der Waals surface area contributed by atoms with Crippen LogP contribution in [0.25, 0.3) is 0 Å². The molecule has 0 radical (unpaired) electrons. The third-order valence-electron chi connectivity index (χ3n) is 1.48. The Kier molecular flexibility index (Phi) is 3.61. The van der Waals surface area contributed by atoms with Crippen LogP contribution in [0.4, 0.5) is 0 Å². The van der Waals surface area contributed by atoms with Crippen LogP contribution in [-0.4, -0.2) is 6.54 Å². The molecule has 0 saturated heterocycles. The second-order valence-electron chi connectivity index (χ2n) is 2.31. The van der Waals surface area contributed by atoms with Crippen LogP contribution >= 0.6 is 0 Å². The van der Waals surface area contributed by atoms with Crippen molar-refractivity contribution >= 4 is 0 Å². The van der Waals surface area contributed by atoms with Gasteiger partial charge in [-0.15, -0.1) is 0 Å². The Hall–Kier alpha value is -0.900. The molecule has 0 spiro atoms. The maximum Gasteiger partial charge on any atom is 0.0153 e. The molecule has 0 bridgehead atoms. The van der Waals surface area contributed by atoms with Gasteiger partial charge in [0.1, 0.15) is 0 Å². The number of benzene rings is 1. The van der Waals surface area contributed by atoms with E-state index in [-0.39, 0.29) is 0 Å². The molecule has 0 aliphatic heterocycles. The Labute approximate surface area is 66.5 Å². The highest BCUT2D eigenvalue weighted by Gasteiger charge is 1.88. The first-order valence-corrected chi connectivity index (χ1v) is 3.66. The molecule has 0 amide bonds. The van der Waals surface area contributed by atoms with Gasteiger partial charge in [-0.05, 0) is 12.0 Å². The Morgan fingerprint density at radius 2 is 1.91 bits per heavy atom. The zero-order chi connectivity index (χ0) is 7.94. The lowest BCUT2D eigenvalue weighted by molar-refractivity contribution is 0.556. The summed E-state index contributed by atoms with van der Waals surface area (Å²) in [6, 6.07) is 10.3. The Morgan fingerprint density at radius 1 is 1.18 bits per heavy atom. The quantitative estimate of drug-likeness (QED) is 0.327. The van der Waals surface area contributed by atoms with Gasteiger partial charge in [0, 0.05) is 6.54 Å². The third-order valence-corrected chi connectivity index (χ3v) is 1.48. The van der Waals surface area contributed by atoms with Crippen LogP contribution in [0.15, 0.2) is 30.3 Å². The Balaban J connectivity index is 2.28. The molecule has 0 unspecified atom stereocenters. The van der Waals surface area contributed by atoms with E-state index < -0.39 is 0 Å². The fourth-order valence-electron chi connectivity index (χ4n) is 0.924. The predicted molar refractivity (Wildman–Crippen MR) is 45.5 cm³/mol. The first-order valence-electron chi connectivity index (χ1n) is 3.66. The van der Waals surface area contributed by atoms with Crippen molar-refractivity contribution in [2.24, 2.45) is 5.84 Å². The van der Waals surface area contributed by atoms with Gasteiger partial charge in [-0.1, -0.05) is 30.3 Å². The van der Waals surface area contributed by atoms with E-state index in [1.807, 2.05) is 18.2 Å². The van der Waals surface area contributed by atoms with Crippen LogP contribution in [0.3, 0.4) is 0 Å². The first-order chi connectivity index (χ1) is 5.43. The van der Waals surface area contributed by atoms with Crippen molar-refractivity contribution in [1.29, 1.82) is 0 Å². The molecule has 1 rings (SSSR count). The molecule has 3 nitrogen and oxygen atoms in total. The Bertz CT molecular complexity index is 186. The van der Waals surface area contributed by atoms with E-state index in [1.54, 1.807) is 0 Å². The largest absolute Gasteiger partial charge is 0.258 e. The highest BCUT2D eigenvalue weighted by atomic mass is 15.5.